The minimum Gasteiger partial charge on any atom is -0.330 e. The number of aromatic nitrogens is 2. The summed E-state index contributed by atoms with van der Waals surface area (Å²) < 4.78 is 0. The molecule has 18 heavy (non-hydrogen) atoms. The Balaban J connectivity index is 2.12. The zero-order valence-corrected chi connectivity index (χ0v) is 11.2. The van der Waals surface area contributed by atoms with Crippen molar-refractivity contribution in [1.29, 1.82) is 0 Å². The van der Waals surface area contributed by atoms with Crippen LogP contribution in [0.2, 0.25) is 10.3 Å². The molecule has 98 valence electrons. The molecule has 1 fully saturated rings. The number of amides is 1. The van der Waals surface area contributed by atoms with Gasteiger partial charge in [-0.2, -0.15) is 0 Å². The highest BCUT2D eigenvalue weighted by molar-refractivity contribution is 6.38. The van der Waals surface area contributed by atoms with Crippen LogP contribution in [-0.2, 0) is 4.79 Å². The molecule has 1 aliphatic rings. The molecule has 0 spiro atoms. The fraction of sp³-hybridized carbons (Fsp3) is 0.545. The van der Waals surface area contributed by atoms with Crippen molar-refractivity contribution in [3.05, 3.63) is 16.6 Å². The minimum absolute atomic E-state index is 0.0812. The molecule has 1 aliphatic carbocycles. The zero-order chi connectivity index (χ0) is 13.1. The number of nitrogens with one attached hydrogen (secondary N) is 1. The molecule has 7 heteroatoms. The Morgan fingerprint density at radius 2 is 2.06 bits per heavy atom. The summed E-state index contributed by atoms with van der Waals surface area (Å²) in [7, 11) is 0. The number of nitrogens with two attached hydrogens (primary N) is 1. The number of carbonyl (C=O) groups is 1. The van der Waals surface area contributed by atoms with E-state index in [1.807, 2.05) is 0 Å². The third-order valence-corrected chi connectivity index (χ3v) is 3.87. The SMILES string of the molecule is NCC1CCCC1C(=O)Nc1c(Cl)ncnc1Cl. The summed E-state index contributed by atoms with van der Waals surface area (Å²) in [5.41, 5.74) is 5.93. The molecule has 1 amide bonds. The van der Waals surface area contributed by atoms with E-state index in [0.717, 1.165) is 19.3 Å². The maximum Gasteiger partial charge on any atom is 0.227 e. The summed E-state index contributed by atoms with van der Waals surface area (Å²) in [5, 5.41) is 2.99. The van der Waals surface area contributed by atoms with Crippen molar-refractivity contribution in [3.63, 3.8) is 0 Å². The van der Waals surface area contributed by atoms with Gasteiger partial charge < -0.3 is 11.1 Å². The normalized spacial score (nSPS) is 23.1. The van der Waals surface area contributed by atoms with Crippen LogP contribution in [0.3, 0.4) is 0 Å². The number of nitrogens with zero attached hydrogens (tertiary/aromatic N) is 2. The Hall–Kier alpha value is -0.910. The van der Waals surface area contributed by atoms with Crippen LogP contribution in [0.5, 0.6) is 0 Å². The second-order valence-corrected chi connectivity index (χ2v) is 5.07. The fourth-order valence-corrected chi connectivity index (χ4v) is 2.74. The number of hydrogen-bond donors (Lipinski definition) is 2. The van der Waals surface area contributed by atoms with Crippen LogP contribution in [0.1, 0.15) is 19.3 Å². The summed E-state index contributed by atoms with van der Waals surface area (Å²) in [6, 6.07) is 0. The van der Waals surface area contributed by atoms with Gasteiger partial charge in [-0.1, -0.05) is 29.6 Å². The molecule has 1 saturated carbocycles. The van der Waals surface area contributed by atoms with E-state index >= 15 is 0 Å². The molecular weight excluding hydrogens is 275 g/mol. The second kappa shape index (κ2) is 5.82. The first kappa shape index (κ1) is 13.5. The van der Waals surface area contributed by atoms with E-state index in [4.69, 9.17) is 28.9 Å². The first-order valence-electron chi connectivity index (χ1n) is 5.80. The minimum atomic E-state index is -0.110. The number of hydrogen-bond acceptors (Lipinski definition) is 4. The van der Waals surface area contributed by atoms with Crippen LogP contribution in [0.4, 0.5) is 5.69 Å². The molecule has 1 aromatic rings. The summed E-state index contributed by atoms with van der Waals surface area (Å²) in [6.45, 7) is 0.519. The van der Waals surface area contributed by atoms with Crippen molar-refractivity contribution < 1.29 is 4.79 Å². The molecule has 0 aromatic carbocycles. The third kappa shape index (κ3) is 2.74. The summed E-state index contributed by atoms with van der Waals surface area (Å²) >= 11 is 11.8. The lowest BCUT2D eigenvalue weighted by Crippen LogP contribution is -2.30. The van der Waals surface area contributed by atoms with Crippen LogP contribution in [0.25, 0.3) is 0 Å². The molecule has 2 rings (SSSR count). The molecule has 0 saturated heterocycles. The predicted octanol–water partition coefficient (Wildman–Crippen LogP) is 2.10. The van der Waals surface area contributed by atoms with E-state index in [1.165, 1.54) is 6.33 Å². The van der Waals surface area contributed by atoms with Crippen LogP contribution in [0, 0.1) is 11.8 Å². The standard InChI is InChI=1S/C11H14Cl2N4O/c12-9-8(10(13)16-5-15-9)17-11(18)7-3-1-2-6(7)4-14/h5-7H,1-4,14H2,(H,17,18). The smallest absolute Gasteiger partial charge is 0.227 e. The Bertz CT molecular complexity index is 434. The summed E-state index contributed by atoms with van der Waals surface area (Å²) in [6.07, 6.45) is 4.10. The van der Waals surface area contributed by atoms with E-state index in [-0.39, 0.29) is 33.7 Å². The molecule has 1 aromatic heterocycles. The molecular formula is C11H14Cl2N4O. The van der Waals surface area contributed by atoms with Crippen molar-refractivity contribution in [2.75, 3.05) is 11.9 Å². The van der Waals surface area contributed by atoms with Crippen molar-refractivity contribution in [2.24, 2.45) is 17.6 Å². The predicted molar refractivity (Wildman–Crippen MR) is 70.6 cm³/mol. The van der Waals surface area contributed by atoms with Crippen LogP contribution in [0.15, 0.2) is 6.33 Å². The Morgan fingerprint density at radius 3 is 2.67 bits per heavy atom. The quantitative estimate of drug-likeness (QED) is 0.835. The van der Waals surface area contributed by atoms with Gasteiger partial charge in [-0.25, -0.2) is 9.97 Å². The van der Waals surface area contributed by atoms with Crippen LogP contribution in [-0.4, -0.2) is 22.4 Å². The fourth-order valence-electron chi connectivity index (χ4n) is 2.33. The van der Waals surface area contributed by atoms with Gasteiger partial charge in [-0.3, -0.25) is 4.79 Å². The molecule has 5 nitrogen and oxygen atoms in total. The van der Waals surface area contributed by atoms with Gasteiger partial charge in [0.1, 0.15) is 12.0 Å². The maximum atomic E-state index is 12.1. The average molecular weight is 289 g/mol. The highest BCUT2D eigenvalue weighted by atomic mass is 35.5. The highest BCUT2D eigenvalue weighted by Gasteiger charge is 2.32. The molecule has 0 bridgehead atoms. The maximum absolute atomic E-state index is 12.1. The lowest BCUT2D eigenvalue weighted by molar-refractivity contribution is -0.120. The summed E-state index contributed by atoms with van der Waals surface area (Å²) in [5.74, 6) is 0.0380. The van der Waals surface area contributed by atoms with E-state index in [2.05, 4.69) is 15.3 Å². The summed E-state index contributed by atoms with van der Waals surface area (Å²) in [4.78, 5) is 19.7. The molecule has 0 aliphatic heterocycles. The number of rotatable bonds is 3. The Morgan fingerprint density at radius 1 is 1.39 bits per heavy atom. The Kier molecular flexibility index (Phi) is 4.37. The second-order valence-electron chi connectivity index (χ2n) is 4.35. The molecule has 3 N–H and O–H groups in total. The molecule has 2 unspecified atom stereocenters. The first-order valence-corrected chi connectivity index (χ1v) is 6.56. The topological polar surface area (TPSA) is 80.9 Å². The van der Waals surface area contributed by atoms with Gasteiger partial charge in [0, 0.05) is 5.92 Å². The van der Waals surface area contributed by atoms with Gasteiger partial charge in [0.05, 0.1) is 0 Å². The number of anilines is 1. The van der Waals surface area contributed by atoms with E-state index < -0.39 is 0 Å². The van der Waals surface area contributed by atoms with Crippen molar-refractivity contribution in [3.8, 4) is 0 Å². The number of halogens is 2. The lowest BCUT2D eigenvalue weighted by atomic mass is 9.95. The van der Waals surface area contributed by atoms with Crippen molar-refractivity contribution >= 4 is 34.8 Å². The number of carbonyl (C=O) groups excluding carboxylic acids is 1. The third-order valence-electron chi connectivity index (χ3n) is 3.30. The largest absolute Gasteiger partial charge is 0.330 e. The van der Waals surface area contributed by atoms with E-state index in [1.54, 1.807) is 0 Å². The Labute approximate surface area is 115 Å². The average Bonchev–Trinajstić information content (AvgIpc) is 2.82. The molecule has 0 radical (unpaired) electrons. The van der Waals surface area contributed by atoms with Gasteiger partial charge in [-0.15, -0.1) is 0 Å². The monoisotopic (exact) mass is 288 g/mol. The van der Waals surface area contributed by atoms with Gasteiger partial charge in [0.2, 0.25) is 5.91 Å². The van der Waals surface area contributed by atoms with Crippen LogP contribution < -0.4 is 11.1 Å². The van der Waals surface area contributed by atoms with Gasteiger partial charge in [0.15, 0.2) is 10.3 Å². The van der Waals surface area contributed by atoms with Crippen LogP contribution >= 0.6 is 23.2 Å². The van der Waals surface area contributed by atoms with E-state index in [9.17, 15) is 4.79 Å². The van der Waals surface area contributed by atoms with E-state index in [0.29, 0.717) is 6.54 Å². The molecule has 2 atom stereocenters. The van der Waals surface area contributed by atoms with Gasteiger partial charge in [0.25, 0.3) is 0 Å². The lowest BCUT2D eigenvalue weighted by Gasteiger charge is -2.17. The first-order chi connectivity index (χ1) is 8.63. The highest BCUT2D eigenvalue weighted by Crippen LogP contribution is 2.33. The molecule has 1 heterocycles. The zero-order valence-electron chi connectivity index (χ0n) is 9.70. The van der Waals surface area contributed by atoms with Crippen molar-refractivity contribution in [2.45, 2.75) is 19.3 Å². The van der Waals surface area contributed by atoms with Gasteiger partial charge >= 0.3 is 0 Å². The van der Waals surface area contributed by atoms with Gasteiger partial charge in [-0.05, 0) is 25.3 Å². The van der Waals surface area contributed by atoms with Crippen molar-refractivity contribution in [1.82, 2.24) is 9.97 Å².